The maximum Gasteiger partial charge on any atom is 0.276 e. The summed E-state index contributed by atoms with van der Waals surface area (Å²) in [7, 11) is -7.65. The van der Waals surface area contributed by atoms with Crippen molar-refractivity contribution >= 4 is 31.5 Å². The molecule has 2 unspecified atom stereocenters. The average molecular weight is 461 g/mol. The van der Waals surface area contributed by atoms with E-state index < -0.39 is 20.0 Å². The fraction of sp³-hybridized carbons (Fsp3) is 0.333. The Balaban J connectivity index is 1.57. The van der Waals surface area contributed by atoms with Gasteiger partial charge in [0.25, 0.3) is 20.0 Å². The molecule has 2 aliphatic rings. The van der Waals surface area contributed by atoms with Gasteiger partial charge in [0.2, 0.25) is 0 Å². The van der Waals surface area contributed by atoms with Crippen LogP contribution in [-0.4, -0.2) is 28.3 Å². The number of nitrogens with zero attached hydrogens (tertiary/aromatic N) is 2. The second-order valence-corrected chi connectivity index (χ2v) is 11.3. The Morgan fingerprint density at radius 3 is 1.39 bits per heavy atom. The van der Waals surface area contributed by atoms with Crippen LogP contribution in [0.15, 0.2) is 68.5 Å². The quantitative estimate of drug-likeness (QED) is 0.645. The number of hydrogen-bond donors (Lipinski definition) is 2. The molecular formula is C21H24N4O4S2. The monoisotopic (exact) mass is 460 g/mol. The van der Waals surface area contributed by atoms with Gasteiger partial charge in [-0.2, -0.15) is 36.7 Å². The topological polar surface area (TPSA) is 117 Å². The van der Waals surface area contributed by atoms with E-state index in [1.165, 1.54) is 24.3 Å². The highest BCUT2D eigenvalue weighted by molar-refractivity contribution is 7.89. The van der Waals surface area contributed by atoms with Gasteiger partial charge in [-0.3, -0.25) is 0 Å². The molecular weight excluding hydrogens is 436 g/mol. The van der Waals surface area contributed by atoms with Gasteiger partial charge < -0.3 is 0 Å². The normalized spacial score (nSPS) is 23.4. The van der Waals surface area contributed by atoms with E-state index >= 15 is 0 Å². The summed E-state index contributed by atoms with van der Waals surface area (Å²) in [5, 5.41) is 8.31. The van der Waals surface area contributed by atoms with Crippen LogP contribution in [0.5, 0.6) is 0 Å². The van der Waals surface area contributed by atoms with Gasteiger partial charge in [0, 0.05) is 11.8 Å². The van der Waals surface area contributed by atoms with Crippen LogP contribution < -0.4 is 9.66 Å². The van der Waals surface area contributed by atoms with Crippen LogP contribution in [0.25, 0.3) is 0 Å². The zero-order chi connectivity index (χ0) is 22.2. The van der Waals surface area contributed by atoms with Crippen LogP contribution in [0.3, 0.4) is 0 Å². The Hall–Kier alpha value is -2.72. The summed E-state index contributed by atoms with van der Waals surface area (Å²) in [5.41, 5.74) is 2.90. The van der Waals surface area contributed by atoms with Crippen molar-refractivity contribution in [3.63, 3.8) is 0 Å². The number of benzene rings is 2. The lowest BCUT2D eigenvalue weighted by Crippen LogP contribution is -2.30. The Kier molecular flexibility index (Phi) is 5.61. The molecule has 2 aromatic rings. The molecule has 164 valence electrons. The molecule has 2 saturated carbocycles. The summed E-state index contributed by atoms with van der Waals surface area (Å²) in [6.07, 6.45) is 2.54. The molecule has 2 aromatic carbocycles. The summed E-state index contributed by atoms with van der Waals surface area (Å²) in [6.45, 7) is 3.75. The van der Waals surface area contributed by atoms with E-state index in [4.69, 9.17) is 0 Å². The number of nitrogens with one attached hydrogen (secondary N) is 2. The molecule has 0 heterocycles. The fourth-order valence-corrected chi connectivity index (χ4v) is 5.59. The highest BCUT2D eigenvalue weighted by Crippen LogP contribution is 2.41. The van der Waals surface area contributed by atoms with E-state index in [1.54, 1.807) is 24.3 Å². The standard InChI is InChI=1S/C21H24N4O4S2/c1-14-3-9-18(10-4-14)30(26,27)24-22-20-16-7-8-17(13-16)21(20)23-25-31(28,29)19-11-5-15(2)6-12-19/h3-6,9-12,16-17,24-25H,7-8,13H2,1-2H3/b22-20+,23-21+. The molecule has 2 atom stereocenters. The molecule has 2 fully saturated rings. The van der Waals surface area contributed by atoms with Gasteiger partial charge >= 0.3 is 0 Å². The van der Waals surface area contributed by atoms with Gasteiger partial charge in [0.1, 0.15) is 0 Å². The third kappa shape index (κ3) is 4.49. The lowest BCUT2D eigenvalue weighted by atomic mass is 9.96. The number of aryl methyl sites for hydroxylation is 2. The third-order valence-corrected chi connectivity index (χ3v) is 8.15. The van der Waals surface area contributed by atoms with Gasteiger partial charge in [-0.1, -0.05) is 35.4 Å². The van der Waals surface area contributed by atoms with E-state index in [1.807, 2.05) is 13.8 Å². The predicted molar refractivity (Wildman–Crippen MR) is 119 cm³/mol. The van der Waals surface area contributed by atoms with Crippen molar-refractivity contribution < 1.29 is 16.8 Å². The van der Waals surface area contributed by atoms with Crippen LogP contribution in [0.4, 0.5) is 0 Å². The minimum atomic E-state index is -3.83. The first-order valence-corrected chi connectivity index (χ1v) is 12.9. The Morgan fingerprint density at radius 2 is 1.03 bits per heavy atom. The Morgan fingerprint density at radius 1 is 0.677 bits per heavy atom. The number of hydrogen-bond acceptors (Lipinski definition) is 6. The number of rotatable bonds is 6. The summed E-state index contributed by atoms with van der Waals surface area (Å²) >= 11 is 0. The number of hydrazone groups is 2. The van der Waals surface area contributed by atoms with Gasteiger partial charge in [-0.05, 0) is 57.4 Å². The largest absolute Gasteiger partial charge is 0.276 e. The Labute approximate surface area is 182 Å². The van der Waals surface area contributed by atoms with Crippen molar-refractivity contribution in [1.29, 1.82) is 0 Å². The van der Waals surface area contributed by atoms with Gasteiger partial charge in [-0.25, -0.2) is 0 Å². The van der Waals surface area contributed by atoms with Crippen molar-refractivity contribution in [2.45, 2.75) is 42.9 Å². The number of fused-ring (bicyclic) bond motifs is 2. The van der Waals surface area contributed by atoms with Crippen molar-refractivity contribution in [2.24, 2.45) is 22.0 Å². The third-order valence-electron chi connectivity index (χ3n) is 5.70. The lowest BCUT2D eigenvalue weighted by Gasteiger charge is -2.16. The lowest BCUT2D eigenvalue weighted by molar-refractivity contribution is 0.581. The first-order valence-electron chi connectivity index (χ1n) is 9.98. The maximum atomic E-state index is 12.6. The molecule has 8 nitrogen and oxygen atoms in total. The molecule has 31 heavy (non-hydrogen) atoms. The van der Waals surface area contributed by atoms with Crippen LogP contribution in [0.1, 0.15) is 30.4 Å². The second-order valence-electron chi connectivity index (χ2n) is 8.02. The van der Waals surface area contributed by atoms with Crippen molar-refractivity contribution in [3.8, 4) is 0 Å². The molecule has 4 rings (SSSR count). The smallest absolute Gasteiger partial charge is 0.200 e. The molecule has 2 bridgehead atoms. The van der Waals surface area contributed by atoms with Crippen LogP contribution in [-0.2, 0) is 20.0 Å². The SMILES string of the molecule is Cc1ccc(S(=O)(=O)N/N=C2/C(=N/NS(=O)(=O)c3ccc(C)cc3)C3CCC2C3)cc1. The van der Waals surface area contributed by atoms with Gasteiger partial charge in [-0.15, -0.1) is 0 Å². The van der Waals surface area contributed by atoms with Gasteiger partial charge in [0.05, 0.1) is 21.2 Å². The van der Waals surface area contributed by atoms with Crippen molar-refractivity contribution in [3.05, 3.63) is 59.7 Å². The molecule has 2 aliphatic carbocycles. The fourth-order valence-electron chi connectivity index (χ4n) is 3.95. The highest BCUT2D eigenvalue weighted by atomic mass is 32.2. The second kappa shape index (κ2) is 8.08. The Bertz CT molecular complexity index is 1150. The van der Waals surface area contributed by atoms with E-state index in [0.29, 0.717) is 11.4 Å². The first kappa shape index (κ1) is 21.5. The predicted octanol–water partition coefficient (Wildman–Crippen LogP) is 2.70. The maximum absolute atomic E-state index is 12.6. The molecule has 0 amide bonds. The first-order chi connectivity index (χ1) is 14.7. The highest BCUT2D eigenvalue weighted by Gasteiger charge is 2.43. The summed E-state index contributed by atoms with van der Waals surface area (Å²) in [4.78, 5) is 4.81. The molecule has 2 N–H and O–H groups in total. The zero-order valence-electron chi connectivity index (χ0n) is 17.2. The minimum absolute atomic E-state index is 0.0633. The van der Waals surface area contributed by atoms with Crippen molar-refractivity contribution in [2.75, 3.05) is 0 Å². The molecule has 10 heteroatoms. The van der Waals surface area contributed by atoms with E-state index in [0.717, 1.165) is 30.4 Å². The molecule has 0 radical (unpaired) electrons. The number of sulfonamides is 2. The molecule has 0 saturated heterocycles. The molecule has 0 spiro atoms. The zero-order valence-corrected chi connectivity index (χ0v) is 18.9. The average Bonchev–Trinajstić information content (AvgIpc) is 3.33. The van der Waals surface area contributed by atoms with E-state index in [2.05, 4.69) is 19.9 Å². The molecule has 0 aromatic heterocycles. The van der Waals surface area contributed by atoms with Crippen LogP contribution in [0.2, 0.25) is 0 Å². The van der Waals surface area contributed by atoms with E-state index in [-0.39, 0.29) is 21.6 Å². The van der Waals surface area contributed by atoms with Gasteiger partial charge in [0.15, 0.2) is 0 Å². The summed E-state index contributed by atoms with van der Waals surface area (Å²) in [5.74, 6) is 0.127. The minimum Gasteiger partial charge on any atom is -0.200 e. The summed E-state index contributed by atoms with van der Waals surface area (Å²) < 4.78 is 50.3. The molecule has 0 aliphatic heterocycles. The van der Waals surface area contributed by atoms with E-state index in [9.17, 15) is 16.8 Å². The van der Waals surface area contributed by atoms with Crippen molar-refractivity contribution in [1.82, 2.24) is 9.66 Å². The summed E-state index contributed by atoms with van der Waals surface area (Å²) in [6, 6.07) is 12.9. The van der Waals surface area contributed by atoms with Crippen LogP contribution in [0, 0.1) is 25.7 Å². The van der Waals surface area contributed by atoms with Crippen LogP contribution >= 0.6 is 0 Å².